The maximum atomic E-state index is 5.51. The molecule has 88 valence electrons. The Morgan fingerprint density at radius 3 is 2.53 bits per heavy atom. The number of rotatable bonds is 3. The van der Waals surface area contributed by atoms with Gasteiger partial charge in [-0.25, -0.2) is 9.97 Å². The van der Waals surface area contributed by atoms with Gasteiger partial charge in [-0.15, -0.1) is 0 Å². The maximum absolute atomic E-state index is 5.51. The predicted octanol–water partition coefficient (Wildman–Crippen LogP) is 1.92. The number of aryl methyl sites for hydroxylation is 1. The van der Waals surface area contributed by atoms with Crippen molar-refractivity contribution in [2.75, 3.05) is 7.11 Å². The van der Waals surface area contributed by atoms with Crippen LogP contribution in [0.25, 0.3) is 11.4 Å². The number of nitrogens with zero attached hydrogens (tertiary/aromatic N) is 2. The second-order valence-corrected chi connectivity index (χ2v) is 3.82. The summed E-state index contributed by atoms with van der Waals surface area (Å²) in [5, 5.41) is 0. The molecule has 0 radical (unpaired) electrons. The molecule has 0 amide bonds. The lowest BCUT2D eigenvalue weighted by Gasteiger charge is -2.08. The SMILES string of the molecule is COc1cc(C)ccc1-c1ncc(CN)cn1. The van der Waals surface area contributed by atoms with E-state index in [9.17, 15) is 0 Å². The van der Waals surface area contributed by atoms with Crippen molar-refractivity contribution in [3.8, 4) is 17.1 Å². The molecule has 4 heteroatoms. The molecule has 1 aromatic carbocycles. The Balaban J connectivity index is 2.44. The van der Waals surface area contributed by atoms with Gasteiger partial charge in [-0.2, -0.15) is 0 Å². The molecular weight excluding hydrogens is 214 g/mol. The van der Waals surface area contributed by atoms with Crippen molar-refractivity contribution in [1.82, 2.24) is 9.97 Å². The number of nitrogens with two attached hydrogens (primary N) is 1. The first-order valence-electron chi connectivity index (χ1n) is 5.40. The first-order valence-corrected chi connectivity index (χ1v) is 5.40. The monoisotopic (exact) mass is 229 g/mol. The second kappa shape index (κ2) is 4.93. The van der Waals surface area contributed by atoms with E-state index in [-0.39, 0.29) is 0 Å². The van der Waals surface area contributed by atoms with Crippen molar-refractivity contribution in [3.63, 3.8) is 0 Å². The fourth-order valence-corrected chi connectivity index (χ4v) is 1.58. The van der Waals surface area contributed by atoms with Crippen LogP contribution in [0.5, 0.6) is 5.75 Å². The van der Waals surface area contributed by atoms with Crippen LogP contribution in [0.4, 0.5) is 0 Å². The lowest BCUT2D eigenvalue weighted by atomic mass is 10.1. The lowest BCUT2D eigenvalue weighted by molar-refractivity contribution is 0.416. The Morgan fingerprint density at radius 2 is 1.94 bits per heavy atom. The van der Waals surface area contributed by atoms with E-state index in [1.54, 1.807) is 19.5 Å². The van der Waals surface area contributed by atoms with Crippen molar-refractivity contribution in [3.05, 3.63) is 41.7 Å². The molecule has 4 nitrogen and oxygen atoms in total. The van der Waals surface area contributed by atoms with Gasteiger partial charge in [-0.1, -0.05) is 6.07 Å². The van der Waals surface area contributed by atoms with Crippen LogP contribution in [0.15, 0.2) is 30.6 Å². The minimum absolute atomic E-state index is 0.450. The van der Waals surface area contributed by atoms with E-state index in [4.69, 9.17) is 10.5 Å². The van der Waals surface area contributed by atoms with Crippen LogP contribution < -0.4 is 10.5 Å². The molecule has 0 saturated heterocycles. The van der Waals surface area contributed by atoms with Gasteiger partial charge in [0, 0.05) is 24.5 Å². The van der Waals surface area contributed by atoms with Crippen molar-refractivity contribution >= 4 is 0 Å². The molecule has 0 fully saturated rings. The van der Waals surface area contributed by atoms with Crippen LogP contribution in [0.1, 0.15) is 11.1 Å². The van der Waals surface area contributed by atoms with Gasteiger partial charge in [0.15, 0.2) is 5.82 Å². The zero-order valence-electron chi connectivity index (χ0n) is 9.97. The molecule has 0 unspecified atom stereocenters. The van der Waals surface area contributed by atoms with Gasteiger partial charge in [-0.3, -0.25) is 0 Å². The van der Waals surface area contributed by atoms with Crippen LogP contribution in [0.2, 0.25) is 0 Å². The molecule has 1 heterocycles. The van der Waals surface area contributed by atoms with Crippen molar-refractivity contribution in [2.24, 2.45) is 5.73 Å². The third-order valence-electron chi connectivity index (χ3n) is 2.54. The average molecular weight is 229 g/mol. The molecule has 0 aliphatic carbocycles. The Labute approximate surface area is 100 Å². The van der Waals surface area contributed by atoms with Crippen molar-refractivity contribution < 1.29 is 4.74 Å². The third-order valence-corrected chi connectivity index (χ3v) is 2.54. The van der Waals surface area contributed by atoms with Crippen LogP contribution >= 0.6 is 0 Å². The summed E-state index contributed by atoms with van der Waals surface area (Å²) in [5.74, 6) is 1.43. The van der Waals surface area contributed by atoms with E-state index >= 15 is 0 Å². The summed E-state index contributed by atoms with van der Waals surface area (Å²) in [6, 6.07) is 5.94. The quantitative estimate of drug-likeness (QED) is 0.873. The molecule has 0 saturated carbocycles. The Bertz CT molecular complexity index is 509. The minimum Gasteiger partial charge on any atom is -0.496 e. The third kappa shape index (κ3) is 2.42. The highest BCUT2D eigenvalue weighted by Gasteiger charge is 2.08. The van der Waals surface area contributed by atoms with E-state index in [2.05, 4.69) is 9.97 Å². The van der Waals surface area contributed by atoms with Crippen molar-refractivity contribution in [2.45, 2.75) is 13.5 Å². The fourth-order valence-electron chi connectivity index (χ4n) is 1.58. The number of ether oxygens (including phenoxy) is 1. The minimum atomic E-state index is 0.450. The van der Waals surface area contributed by atoms with Gasteiger partial charge >= 0.3 is 0 Å². The highest BCUT2D eigenvalue weighted by Crippen LogP contribution is 2.27. The molecule has 2 N–H and O–H groups in total. The Morgan fingerprint density at radius 1 is 1.24 bits per heavy atom. The van der Waals surface area contributed by atoms with E-state index in [1.165, 1.54) is 0 Å². The lowest BCUT2D eigenvalue weighted by Crippen LogP contribution is -1.99. The van der Waals surface area contributed by atoms with Crippen LogP contribution in [0, 0.1) is 6.92 Å². The standard InChI is InChI=1S/C13H15N3O/c1-9-3-4-11(12(5-9)17-2)13-15-7-10(6-14)8-16-13/h3-5,7-8H,6,14H2,1-2H3. The van der Waals surface area contributed by atoms with Crippen LogP contribution in [0.3, 0.4) is 0 Å². The molecule has 2 rings (SSSR count). The largest absolute Gasteiger partial charge is 0.496 e. The summed E-state index contributed by atoms with van der Waals surface area (Å²) < 4.78 is 5.33. The van der Waals surface area contributed by atoms with Gasteiger partial charge in [0.25, 0.3) is 0 Å². The Kier molecular flexibility index (Phi) is 3.35. The number of benzene rings is 1. The summed E-state index contributed by atoms with van der Waals surface area (Å²) in [6.45, 7) is 2.47. The second-order valence-electron chi connectivity index (χ2n) is 3.82. The number of methoxy groups -OCH3 is 1. The van der Waals surface area contributed by atoms with Crippen LogP contribution in [-0.2, 0) is 6.54 Å². The maximum Gasteiger partial charge on any atom is 0.162 e. The number of hydrogen-bond acceptors (Lipinski definition) is 4. The van der Waals surface area contributed by atoms with Gasteiger partial charge in [-0.05, 0) is 24.6 Å². The van der Waals surface area contributed by atoms with Crippen molar-refractivity contribution in [1.29, 1.82) is 0 Å². The van der Waals surface area contributed by atoms with E-state index in [0.29, 0.717) is 12.4 Å². The van der Waals surface area contributed by atoms with E-state index in [0.717, 1.165) is 22.4 Å². The topological polar surface area (TPSA) is 61.0 Å². The summed E-state index contributed by atoms with van der Waals surface area (Å²) in [6.07, 6.45) is 3.48. The smallest absolute Gasteiger partial charge is 0.162 e. The molecule has 0 bridgehead atoms. The summed E-state index contributed by atoms with van der Waals surface area (Å²) in [5.41, 5.74) is 8.46. The molecule has 1 aromatic heterocycles. The van der Waals surface area contributed by atoms with Gasteiger partial charge < -0.3 is 10.5 Å². The Hall–Kier alpha value is -1.94. The van der Waals surface area contributed by atoms with E-state index < -0.39 is 0 Å². The first kappa shape index (κ1) is 11.5. The summed E-state index contributed by atoms with van der Waals surface area (Å²) in [7, 11) is 1.65. The number of hydrogen-bond donors (Lipinski definition) is 1. The highest BCUT2D eigenvalue weighted by atomic mass is 16.5. The fraction of sp³-hybridized carbons (Fsp3) is 0.231. The summed E-state index contributed by atoms with van der Waals surface area (Å²) in [4.78, 5) is 8.57. The molecular formula is C13H15N3O. The molecule has 0 atom stereocenters. The molecule has 0 spiro atoms. The molecule has 2 aromatic rings. The van der Waals surface area contributed by atoms with Gasteiger partial charge in [0.2, 0.25) is 0 Å². The molecule has 0 aliphatic rings. The molecule has 0 aliphatic heterocycles. The zero-order chi connectivity index (χ0) is 12.3. The van der Waals surface area contributed by atoms with E-state index in [1.807, 2.05) is 25.1 Å². The van der Waals surface area contributed by atoms with Gasteiger partial charge in [0.05, 0.1) is 12.7 Å². The zero-order valence-corrected chi connectivity index (χ0v) is 9.97. The number of aromatic nitrogens is 2. The molecule has 17 heavy (non-hydrogen) atoms. The average Bonchev–Trinajstić information content (AvgIpc) is 2.39. The van der Waals surface area contributed by atoms with Gasteiger partial charge in [0.1, 0.15) is 5.75 Å². The van der Waals surface area contributed by atoms with Crippen LogP contribution in [-0.4, -0.2) is 17.1 Å². The highest BCUT2D eigenvalue weighted by molar-refractivity contribution is 5.64. The normalized spacial score (nSPS) is 10.3. The first-order chi connectivity index (χ1) is 8.24. The summed E-state index contributed by atoms with van der Waals surface area (Å²) >= 11 is 0. The predicted molar refractivity (Wildman–Crippen MR) is 66.6 cm³/mol.